The molecule has 1 amide bonds. The molecule has 0 fully saturated rings. The summed E-state index contributed by atoms with van der Waals surface area (Å²) in [6.07, 6.45) is -4.43. The van der Waals surface area contributed by atoms with Crippen LogP contribution in [-0.2, 0) is 15.8 Å². The lowest BCUT2D eigenvalue weighted by molar-refractivity contribution is -0.142. The van der Waals surface area contributed by atoms with E-state index in [-0.39, 0.29) is 12.2 Å². The molecule has 1 aromatic rings. The predicted octanol–water partition coefficient (Wildman–Crippen LogP) is 2.68. The number of anilines is 1. The molecule has 5 nitrogen and oxygen atoms in total. The molecule has 0 aromatic heterocycles. The maximum absolute atomic E-state index is 12.5. The van der Waals surface area contributed by atoms with E-state index in [1.807, 2.05) is 0 Å². The Balaban J connectivity index is 2.66. The molecule has 0 aliphatic rings. The standard InChI is InChI=1S/C15H19F3N2O3/c1-9(14(22)23)8-20(3)10(2)13(21)19-12-6-4-11(5-7-12)15(16,17)18/h4-7,9-10H,8H2,1-3H3,(H,19,21)(H,22,23). The fourth-order valence-corrected chi connectivity index (χ4v) is 1.86. The molecular formula is C15H19F3N2O3. The van der Waals surface area contributed by atoms with Crippen molar-refractivity contribution in [2.45, 2.75) is 26.1 Å². The van der Waals surface area contributed by atoms with Crippen LogP contribution in [0.25, 0.3) is 0 Å². The third kappa shape index (κ3) is 5.55. The average molecular weight is 332 g/mol. The van der Waals surface area contributed by atoms with Crippen LogP contribution in [-0.4, -0.2) is 41.5 Å². The highest BCUT2D eigenvalue weighted by molar-refractivity contribution is 5.94. The molecule has 0 bridgehead atoms. The van der Waals surface area contributed by atoms with E-state index in [1.54, 1.807) is 18.9 Å². The molecule has 23 heavy (non-hydrogen) atoms. The maximum atomic E-state index is 12.5. The van der Waals surface area contributed by atoms with Gasteiger partial charge in [0.1, 0.15) is 0 Å². The van der Waals surface area contributed by atoms with Gasteiger partial charge in [-0.05, 0) is 38.2 Å². The number of halogens is 3. The smallest absolute Gasteiger partial charge is 0.416 e. The predicted molar refractivity (Wildman–Crippen MR) is 79.0 cm³/mol. The Labute approximate surface area is 132 Å². The van der Waals surface area contributed by atoms with Crippen molar-refractivity contribution in [3.8, 4) is 0 Å². The van der Waals surface area contributed by atoms with Crippen LogP contribution in [0.15, 0.2) is 24.3 Å². The van der Waals surface area contributed by atoms with Gasteiger partial charge in [-0.1, -0.05) is 6.92 Å². The number of aliphatic carboxylic acids is 1. The number of likely N-dealkylation sites (N-methyl/N-ethyl adjacent to an activating group) is 1. The molecule has 8 heteroatoms. The summed E-state index contributed by atoms with van der Waals surface area (Å²) < 4.78 is 37.4. The number of hydrogen-bond donors (Lipinski definition) is 2. The van der Waals surface area contributed by atoms with Crippen LogP contribution >= 0.6 is 0 Å². The highest BCUT2D eigenvalue weighted by atomic mass is 19.4. The highest BCUT2D eigenvalue weighted by Gasteiger charge is 2.30. The SMILES string of the molecule is CC(CN(C)C(C)C(=O)Nc1ccc(C(F)(F)F)cc1)C(=O)O. The number of benzene rings is 1. The minimum Gasteiger partial charge on any atom is -0.481 e. The molecule has 1 rings (SSSR count). The summed E-state index contributed by atoms with van der Waals surface area (Å²) in [6, 6.07) is 3.49. The Morgan fingerprint density at radius 2 is 1.74 bits per heavy atom. The number of amides is 1. The molecule has 2 unspecified atom stereocenters. The van der Waals surface area contributed by atoms with Crippen molar-refractivity contribution in [2.24, 2.45) is 5.92 Å². The van der Waals surface area contributed by atoms with E-state index in [0.717, 1.165) is 12.1 Å². The van der Waals surface area contributed by atoms with Crippen molar-refractivity contribution in [2.75, 3.05) is 18.9 Å². The fourth-order valence-electron chi connectivity index (χ4n) is 1.86. The van der Waals surface area contributed by atoms with Crippen molar-refractivity contribution >= 4 is 17.6 Å². The Hall–Kier alpha value is -2.09. The minimum absolute atomic E-state index is 0.178. The van der Waals surface area contributed by atoms with Gasteiger partial charge in [-0.15, -0.1) is 0 Å². The van der Waals surface area contributed by atoms with Gasteiger partial charge in [0.25, 0.3) is 0 Å². The summed E-state index contributed by atoms with van der Waals surface area (Å²) in [4.78, 5) is 24.4. The van der Waals surface area contributed by atoms with Gasteiger partial charge in [-0.25, -0.2) is 0 Å². The number of alkyl halides is 3. The highest BCUT2D eigenvalue weighted by Crippen LogP contribution is 2.29. The molecule has 0 saturated heterocycles. The van der Waals surface area contributed by atoms with E-state index >= 15 is 0 Å². The van der Waals surface area contributed by atoms with Crippen molar-refractivity contribution < 1.29 is 27.9 Å². The maximum Gasteiger partial charge on any atom is 0.416 e. The van der Waals surface area contributed by atoms with Crippen LogP contribution in [0.5, 0.6) is 0 Å². The summed E-state index contributed by atoms with van der Waals surface area (Å²) >= 11 is 0. The molecule has 1 aromatic carbocycles. The summed E-state index contributed by atoms with van der Waals surface area (Å²) in [6.45, 7) is 3.30. The quantitative estimate of drug-likeness (QED) is 0.840. The molecule has 2 atom stereocenters. The van der Waals surface area contributed by atoms with Gasteiger partial charge >= 0.3 is 12.1 Å². The van der Waals surface area contributed by atoms with Crippen molar-refractivity contribution in [1.82, 2.24) is 4.90 Å². The van der Waals surface area contributed by atoms with Crippen LogP contribution in [0.4, 0.5) is 18.9 Å². The second kappa shape index (κ2) is 7.45. The second-order valence-electron chi connectivity index (χ2n) is 5.42. The number of nitrogens with one attached hydrogen (secondary N) is 1. The molecule has 0 aliphatic heterocycles. The number of rotatable bonds is 6. The van der Waals surface area contributed by atoms with Gasteiger partial charge in [0, 0.05) is 12.2 Å². The summed E-state index contributed by atoms with van der Waals surface area (Å²) in [7, 11) is 1.61. The van der Waals surface area contributed by atoms with Gasteiger partial charge in [-0.3, -0.25) is 14.5 Å². The molecule has 0 spiro atoms. The Bertz CT molecular complexity index is 558. The van der Waals surface area contributed by atoms with Crippen LogP contribution < -0.4 is 5.32 Å². The monoisotopic (exact) mass is 332 g/mol. The first-order valence-corrected chi connectivity index (χ1v) is 6.93. The van der Waals surface area contributed by atoms with Gasteiger partial charge in [0.2, 0.25) is 5.91 Å². The zero-order valence-corrected chi connectivity index (χ0v) is 13.0. The summed E-state index contributed by atoms with van der Waals surface area (Å²) in [5.41, 5.74) is -0.550. The van der Waals surface area contributed by atoms with Crippen LogP contribution in [0.2, 0.25) is 0 Å². The van der Waals surface area contributed by atoms with Gasteiger partial charge in [0.15, 0.2) is 0 Å². The molecule has 128 valence electrons. The number of carbonyl (C=O) groups is 2. The van der Waals surface area contributed by atoms with E-state index in [4.69, 9.17) is 5.11 Å². The van der Waals surface area contributed by atoms with Gasteiger partial charge in [-0.2, -0.15) is 13.2 Å². The lowest BCUT2D eigenvalue weighted by Crippen LogP contribution is -2.42. The van der Waals surface area contributed by atoms with Crippen molar-refractivity contribution in [3.05, 3.63) is 29.8 Å². The first kappa shape index (κ1) is 19.0. The van der Waals surface area contributed by atoms with Gasteiger partial charge < -0.3 is 10.4 Å². The number of hydrogen-bond acceptors (Lipinski definition) is 3. The Kier molecular flexibility index (Phi) is 6.14. The zero-order chi connectivity index (χ0) is 17.8. The Morgan fingerprint density at radius 1 is 1.22 bits per heavy atom. The summed E-state index contributed by atoms with van der Waals surface area (Å²) in [5, 5.41) is 11.4. The molecule has 0 aliphatic carbocycles. The topological polar surface area (TPSA) is 69.6 Å². The van der Waals surface area contributed by atoms with Crippen molar-refractivity contribution in [1.29, 1.82) is 0 Å². The second-order valence-corrected chi connectivity index (χ2v) is 5.42. The minimum atomic E-state index is -4.43. The third-order valence-electron chi connectivity index (χ3n) is 3.50. The zero-order valence-electron chi connectivity index (χ0n) is 13.0. The van der Waals surface area contributed by atoms with Crippen LogP contribution in [0.1, 0.15) is 19.4 Å². The lowest BCUT2D eigenvalue weighted by Gasteiger charge is -2.25. The molecular weight excluding hydrogens is 313 g/mol. The average Bonchev–Trinajstić information content (AvgIpc) is 2.45. The molecule has 0 radical (unpaired) electrons. The van der Waals surface area contributed by atoms with E-state index in [1.165, 1.54) is 19.1 Å². The number of nitrogens with zero attached hydrogens (tertiary/aromatic N) is 1. The lowest BCUT2D eigenvalue weighted by atomic mass is 10.1. The number of carbonyl (C=O) groups excluding carboxylic acids is 1. The summed E-state index contributed by atoms with van der Waals surface area (Å²) in [5.74, 6) is -2.03. The molecule has 0 heterocycles. The molecule has 2 N–H and O–H groups in total. The van der Waals surface area contributed by atoms with Crippen LogP contribution in [0, 0.1) is 5.92 Å². The number of carboxylic acid groups (broad SMARTS) is 1. The molecule has 0 saturated carbocycles. The third-order valence-corrected chi connectivity index (χ3v) is 3.50. The van der Waals surface area contributed by atoms with E-state index < -0.39 is 35.6 Å². The number of carboxylic acids is 1. The first-order chi connectivity index (χ1) is 10.5. The van der Waals surface area contributed by atoms with E-state index in [0.29, 0.717) is 0 Å². The van der Waals surface area contributed by atoms with E-state index in [9.17, 15) is 22.8 Å². The first-order valence-electron chi connectivity index (χ1n) is 6.93. The van der Waals surface area contributed by atoms with Crippen LogP contribution in [0.3, 0.4) is 0 Å². The normalized spacial score (nSPS) is 14.4. The van der Waals surface area contributed by atoms with E-state index in [2.05, 4.69) is 5.32 Å². The largest absolute Gasteiger partial charge is 0.481 e. The van der Waals surface area contributed by atoms with Gasteiger partial charge in [0.05, 0.1) is 17.5 Å². The fraction of sp³-hybridized carbons (Fsp3) is 0.467. The Morgan fingerprint density at radius 3 is 2.17 bits per heavy atom. The van der Waals surface area contributed by atoms with Crippen molar-refractivity contribution in [3.63, 3.8) is 0 Å².